The first-order valence-electron chi connectivity index (χ1n) is 5.71. The Labute approximate surface area is 133 Å². The molecule has 2 aromatic rings. The van der Waals surface area contributed by atoms with Crippen LogP contribution in [0, 0.1) is 0 Å². The van der Waals surface area contributed by atoms with E-state index >= 15 is 0 Å². The summed E-state index contributed by atoms with van der Waals surface area (Å²) in [4.78, 5) is 12.3. The fourth-order valence-corrected chi connectivity index (χ4v) is 2.46. The van der Waals surface area contributed by atoms with E-state index in [1.807, 2.05) is 6.07 Å². The highest BCUT2D eigenvalue weighted by Crippen LogP contribution is 2.28. The van der Waals surface area contributed by atoms with Gasteiger partial charge >= 0.3 is 0 Å². The van der Waals surface area contributed by atoms with Crippen molar-refractivity contribution in [3.8, 4) is 5.75 Å². The van der Waals surface area contributed by atoms with Crippen LogP contribution in [0.4, 0.5) is 11.4 Å². The van der Waals surface area contributed by atoms with Crippen LogP contribution in [-0.4, -0.2) is 13.0 Å². The number of anilines is 2. The van der Waals surface area contributed by atoms with Crippen LogP contribution in [0.3, 0.4) is 0 Å². The third kappa shape index (κ3) is 3.32. The smallest absolute Gasteiger partial charge is 0.256 e. The number of carbonyl (C=O) groups excluding carboxylic acids is 1. The van der Waals surface area contributed by atoms with Gasteiger partial charge in [-0.15, -0.1) is 0 Å². The number of amides is 1. The standard InChI is InChI=1S/C14H12Br2N2O2/c1-20-13-7-9(17)3-5-12(13)18-14(19)10-6-8(15)2-4-11(10)16/h2-7H,17H2,1H3,(H,18,19). The molecular formula is C14H12Br2N2O2. The quantitative estimate of drug-likeness (QED) is 0.765. The molecule has 0 spiro atoms. The molecule has 0 heterocycles. The Kier molecular flexibility index (Phi) is 4.67. The summed E-state index contributed by atoms with van der Waals surface area (Å²) < 4.78 is 6.75. The molecule has 0 radical (unpaired) electrons. The first-order valence-corrected chi connectivity index (χ1v) is 7.30. The van der Waals surface area contributed by atoms with Crippen molar-refractivity contribution in [3.63, 3.8) is 0 Å². The fourth-order valence-electron chi connectivity index (χ4n) is 1.67. The summed E-state index contributed by atoms with van der Waals surface area (Å²) in [6, 6.07) is 10.5. The Morgan fingerprint density at radius 1 is 1.20 bits per heavy atom. The van der Waals surface area contributed by atoms with Gasteiger partial charge in [0.1, 0.15) is 5.75 Å². The molecule has 104 valence electrons. The number of rotatable bonds is 3. The van der Waals surface area contributed by atoms with Crippen LogP contribution in [0.1, 0.15) is 10.4 Å². The molecule has 0 unspecified atom stereocenters. The van der Waals surface area contributed by atoms with Gasteiger partial charge in [0.2, 0.25) is 0 Å². The van der Waals surface area contributed by atoms with Crippen molar-refractivity contribution in [3.05, 3.63) is 50.9 Å². The molecule has 0 saturated heterocycles. The van der Waals surface area contributed by atoms with Crippen molar-refractivity contribution in [2.24, 2.45) is 0 Å². The SMILES string of the molecule is COc1cc(N)ccc1NC(=O)c1cc(Br)ccc1Br. The maximum absolute atomic E-state index is 12.3. The molecule has 0 aliphatic rings. The maximum atomic E-state index is 12.3. The van der Waals surface area contributed by atoms with Crippen molar-refractivity contribution < 1.29 is 9.53 Å². The summed E-state index contributed by atoms with van der Waals surface area (Å²) in [6.07, 6.45) is 0. The van der Waals surface area contributed by atoms with Gasteiger partial charge in [-0.2, -0.15) is 0 Å². The second kappa shape index (κ2) is 6.28. The molecule has 2 rings (SSSR count). The number of ether oxygens (including phenoxy) is 1. The van der Waals surface area contributed by atoms with Gasteiger partial charge in [-0.3, -0.25) is 4.79 Å². The number of carbonyl (C=O) groups is 1. The lowest BCUT2D eigenvalue weighted by Gasteiger charge is -2.11. The summed E-state index contributed by atoms with van der Waals surface area (Å²) in [5.41, 5.74) is 7.35. The van der Waals surface area contributed by atoms with E-state index in [4.69, 9.17) is 10.5 Å². The molecule has 0 aliphatic heterocycles. The molecule has 3 N–H and O–H groups in total. The topological polar surface area (TPSA) is 64.3 Å². The number of benzene rings is 2. The van der Waals surface area contributed by atoms with Crippen molar-refractivity contribution in [1.82, 2.24) is 0 Å². The molecule has 6 heteroatoms. The molecular weight excluding hydrogens is 388 g/mol. The van der Waals surface area contributed by atoms with Gasteiger partial charge in [-0.25, -0.2) is 0 Å². The molecule has 2 aromatic carbocycles. The zero-order chi connectivity index (χ0) is 14.7. The second-order valence-corrected chi connectivity index (χ2v) is 5.81. The highest BCUT2D eigenvalue weighted by Gasteiger charge is 2.13. The largest absolute Gasteiger partial charge is 0.494 e. The lowest BCUT2D eigenvalue weighted by atomic mass is 10.2. The highest BCUT2D eigenvalue weighted by molar-refractivity contribution is 9.11. The monoisotopic (exact) mass is 398 g/mol. The minimum Gasteiger partial charge on any atom is -0.494 e. The molecule has 0 saturated carbocycles. The third-order valence-corrected chi connectivity index (χ3v) is 3.83. The number of nitrogen functional groups attached to an aromatic ring is 1. The van der Waals surface area contributed by atoms with Gasteiger partial charge < -0.3 is 15.8 Å². The average Bonchev–Trinajstić information content (AvgIpc) is 2.43. The zero-order valence-corrected chi connectivity index (χ0v) is 13.8. The van der Waals surface area contributed by atoms with Gasteiger partial charge in [0, 0.05) is 20.7 Å². The average molecular weight is 400 g/mol. The number of nitrogens with one attached hydrogen (secondary N) is 1. The van der Waals surface area contributed by atoms with Crippen molar-refractivity contribution >= 4 is 49.1 Å². The van der Waals surface area contributed by atoms with Gasteiger partial charge in [0.25, 0.3) is 5.91 Å². The number of nitrogens with two attached hydrogens (primary N) is 1. The molecule has 0 atom stereocenters. The molecule has 0 aromatic heterocycles. The Bertz CT molecular complexity index is 660. The van der Waals surface area contributed by atoms with E-state index in [-0.39, 0.29) is 5.91 Å². The number of halogens is 2. The van der Waals surface area contributed by atoms with Crippen molar-refractivity contribution in [1.29, 1.82) is 0 Å². The van der Waals surface area contributed by atoms with E-state index in [1.54, 1.807) is 30.3 Å². The molecule has 1 amide bonds. The normalized spacial score (nSPS) is 10.2. The van der Waals surface area contributed by atoms with E-state index in [1.165, 1.54) is 7.11 Å². The zero-order valence-electron chi connectivity index (χ0n) is 10.6. The van der Waals surface area contributed by atoms with Crippen LogP contribution in [0.2, 0.25) is 0 Å². The van der Waals surface area contributed by atoms with Crippen LogP contribution in [0.15, 0.2) is 45.3 Å². The molecule has 0 aliphatic carbocycles. The Morgan fingerprint density at radius 2 is 1.95 bits per heavy atom. The highest BCUT2D eigenvalue weighted by atomic mass is 79.9. The van der Waals surface area contributed by atoms with Gasteiger partial charge in [-0.1, -0.05) is 15.9 Å². The fraction of sp³-hybridized carbons (Fsp3) is 0.0714. The minimum absolute atomic E-state index is 0.235. The predicted molar refractivity (Wildman–Crippen MR) is 87.2 cm³/mol. The van der Waals surface area contributed by atoms with Gasteiger partial charge in [0.15, 0.2) is 0 Å². The van der Waals surface area contributed by atoms with Crippen LogP contribution < -0.4 is 15.8 Å². The second-order valence-electron chi connectivity index (χ2n) is 4.04. The maximum Gasteiger partial charge on any atom is 0.256 e. The summed E-state index contributed by atoms with van der Waals surface area (Å²) in [6.45, 7) is 0. The number of methoxy groups -OCH3 is 1. The van der Waals surface area contributed by atoms with Crippen molar-refractivity contribution in [2.45, 2.75) is 0 Å². The van der Waals surface area contributed by atoms with Crippen LogP contribution in [-0.2, 0) is 0 Å². The number of hydrogen-bond acceptors (Lipinski definition) is 3. The molecule has 0 bridgehead atoms. The van der Waals surface area contributed by atoms with Crippen LogP contribution >= 0.6 is 31.9 Å². The Morgan fingerprint density at radius 3 is 2.65 bits per heavy atom. The lowest BCUT2D eigenvalue weighted by Crippen LogP contribution is -2.13. The van der Waals surface area contributed by atoms with E-state index < -0.39 is 0 Å². The Hall–Kier alpha value is -1.53. The minimum atomic E-state index is -0.235. The Balaban J connectivity index is 2.30. The number of hydrogen-bond donors (Lipinski definition) is 2. The van der Waals surface area contributed by atoms with E-state index in [0.29, 0.717) is 27.2 Å². The third-order valence-electron chi connectivity index (χ3n) is 2.65. The summed E-state index contributed by atoms with van der Waals surface area (Å²) in [5.74, 6) is 0.283. The summed E-state index contributed by atoms with van der Waals surface area (Å²) in [5, 5.41) is 2.80. The van der Waals surface area contributed by atoms with E-state index in [2.05, 4.69) is 37.2 Å². The first kappa shape index (κ1) is 14.9. The predicted octanol–water partition coefficient (Wildman–Crippen LogP) is 4.05. The lowest BCUT2D eigenvalue weighted by molar-refractivity contribution is 0.102. The molecule has 0 fully saturated rings. The summed E-state index contributed by atoms with van der Waals surface area (Å²) in [7, 11) is 1.53. The van der Waals surface area contributed by atoms with Crippen molar-refractivity contribution in [2.75, 3.05) is 18.2 Å². The van der Waals surface area contributed by atoms with E-state index in [0.717, 1.165) is 4.47 Å². The summed E-state index contributed by atoms with van der Waals surface area (Å²) >= 11 is 6.70. The van der Waals surface area contributed by atoms with E-state index in [9.17, 15) is 4.79 Å². The molecule has 4 nitrogen and oxygen atoms in total. The first-order chi connectivity index (χ1) is 9.51. The van der Waals surface area contributed by atoms with Crippen LogP contribution in [0.5, 0.6) is 5.75 Å². The van der Waals surface area contributed by atoms with Gasteiger partial charge in [-0.05, 0) is 46.3 Å². The van der Waals surface area contributed by atoms with Crippen LogP contribution in [0.25, 0.3) is 0 Å². The molecule has 20 heavy (non-hydrogen) atoms. The van der Waals surface area contributed by atoms with Gasteiger partial charge in [0.05, 0.1) is 18.4 Å².